The summed E-state index contributed by atoms with van der Waals surface area (Å²) in [5.41, 5.74) is 11.6. The van der Waals surface area contributed by atoms with Gasteiger partial charge in [-0.15, -0.1) is 23.5 Å². The summed E-state index contributed by atoms with van der Waals surface area (Å²) in [6.07, 6.45) is 23.8. The van der Waals surface area contributed by atoms with Crippen LogP contribution in [-0.4, -0.2) is 81.0 Å². The van der Waals surface area contributed by atoms with Crippen LogP contribution >= 0.6 is 23.5 Å². The van der Waals surface area contributed by atoms with Crippen molar-refractivity contribution >= 4 is 59.1 Å². The average molecular weight is 987 g/mol. The number of esters is 2. The molecule has 382 valence electrons. The molecule has 6 N–H and O–H groups in total. The topological polar surface area (TPSA) is 209 Å². The summed E-state index contributed by atoms with van der Waals surface area (Å²) in [5, 5.41) is 19.7. The van der Waals surface area contributed by atoms with Crippen LogP contribution in [0, 0.1) is 0 Å². The minimum Gasteiger partial charge on any atom is -0.507 e. The third-order valence-corrected chi connectivity index (χ3v) is 13.8. The number of unbranched alkanes of at least 4 members (excludes halogenated alkanes) is 17. The molecule has 0 radical (unpaired) electrons. The van der Waals surface area contributed by atoms with Gasteiger partial charge >= 0.3 is 11.9 Å². The number of hydrazine groups is 2. The Labute approximate surface area is 414 Å². The number of aryl methyl sites for hydroxylation is 2. The van der Waals surface area contributed by atoms with Gasteiger partial charge in [0.05, 0.1) is 47.7 Å². The number of benzene rings is 2. The average Bonchev–Trinajstić information content (AvgIpc) is 3.32. The van der Waals surface area contributed by atoms with Gasteiger partial charge in [0.15, 0.2) is 0 Å². The molecule has 2 atom stereocenters. The SMILES string of the molecule is CCCCCCCCc1ccc(C(=O)NNC(=O)C(C)SCCC(=O)OCCCCCCCCCCOC(=O)CCSC(C)C(=O)NNC(=O)c2ccc(CCCCCCCC)cc2O)c(O)c1. The van der Waals surface area contributed by atoms with Crippen molar-refractivity contribution in [2.45, 2.75) is 192 Å². The van der Waals surface area contributed by atoms with Crippen molar-refractivity contribution in [3.63, 3.8) is 0 Å². The van der Waals surface area contributed by atoms with Crippen LogP contribution in [0.3, 0.4) is 0 Å². The van der Waals surface area contributed by atoms with Gasteiger partial charge in [0.1, 0.15) is 11.5 Å². The molecule has 0 spiro atoms. The molecular weight excluding hydrogens is 905 g/mol. The zero-order valence-corrected chi connectivity index (χ0v) is 43.0. The molecule has 2 aromatic carbocycles. The van der Waals surface area contributed by atoms with Crippen molar-refractivity contribution in [2.24, 2.45) is 0 Å². The second kappa shape index (κ2) is 37.5. The van der Waals surface area contributed by atoms with E-state index in [1.807, 2.05) is 12.1 Å². The van der Waals surface area contributed by atoms with Gasteiger partial charge in [-0.1, -0.05) is 129 Å². The molecule has 0 saturated heterocycles. The highest BCUT2D eigenvalue weighted by atomic mass is 32.2. The fraction of sp³-hybridized carbons (Fsp3) is 0.654. The highest BCUT2D eigenvalue weighted by Gasteiger charge is 2.19. The van der Waals surface area contributed by atoms with Crippen LogP contribution in [0.25, 0.3) is 0 Å². The Hall–Kier alpha value is -4.44. The Balaban J connectivity index is 1.41. The minimum atomic E-state index is -0.607. The number of carbonyl (C=O) groups is 6. The molecule has 0 aliphatic rings. The molecule has 0 fully saturated rings. The van der Waals surface area contributed by atoms with E-state index in [0.29, 0.717) is 24.7 Å². The number of nitrogens with one attached hydrogen (secondary N) is 4. The highest BCUT2D eigenvalue weighted by Crippen LogP contribution is 2.23. The van der Waals surface area contributed by atoms with E-state index in [1.54, 1.807) is 38.1 Å². The van der Waals surface area contributed by atoms with E-state index < -0.39 is 34.1 Å². The minimum absolute atomic E-state index is 0.0835. The van der Waals surface area contributed by atoms with Crippen molar-refractivity contribution in [2.75, 3.05) is 24.7 Å². The number of hydrogen-bond acceptors (Lipinski definition) is 12. The van der Waals surface area contributed by atoms with E-state index in [9.17, 15) is 39.0 Å². The zero-order valence-electron chi connectivity index (χ0n) is 41.4. The number of rotatable bonds is 37. The van der Waals surface area contributed by atoms with Crippen LogP contribution in [0.15, 0.2) is 36.4 Å². The van der Waals surface area contributed by atoms with Gasteiger partial charge in [-0.05, 0) is 87.8 Å². The zero-order chi connectivity index (χ0) is 49.8. The maximum Gasteiger partial charge on any atom is 0.306 e. The van der Waals surface area contributed by atoms with Gasteiger partial charge in [0.25, 0.3) is 23.6 Å². The van der Waals surface area contributed by atoms with Crippen LogP contribution in [0.2, 0.25) is 0 Å². The first-order valence-electron chi connectivity index (χ1n) is 25.2. The largest absolute Gasteiger partial charge is 0.507 e. The molecule has 2 unspecified atom stereocenters. The third-order valence-electron chi connectivity index (χ3n) is 11.5. The quantitative estimate of drug-likeness (QED) is 0.0212. The van der Waals surface area contributed by atoms with Crippen molar-refractivity contribution in [3.05, 3.63) is 58.7 Å². The number of phenolic OH excluding ortho intramolecular Hbond substituents is 2. The fourth-order valence-electron chi connectivity index (χ4n) is 7.21. The van der Waals surface area contributed by atoms with E-state index in [4.69, 9.17) is 9.47 Å². The van der Waals surface area contributed by atoms with E-state index in [2.05, 4.69) is 35.6 Å². The van der Waals surface area contributed by atoms with Crippen molar-refractivity contribution < 1.29 is 48.5 Å². The van der Waals surface area contributed by atoms with Crippen LogP contribution in [0.5, 0.6) is 11.5 Å². The molecule has 2 aromatic rings. The number of carbonyl (C=O) groups excluding carboxylic acids is 6. The van der Waals surface area contributed by atoms with Crippen molar-refractivity contribution in [1.29, 1.82) is 0 Å². The molecule has 4 amide bonds. The summed E-state index contributed by atoms with van der Waals surface area (Å²) in [6.45, 7) is 8.47. The molecule has 0 aliphatic carbocycles. The second-order valence-electron chi connectivity index (χ2n) is 17.4. The van der Waals surface area contributed by atoms with E-state index >= 15 is 0 Å². The van der Waals surface area contributed by atoms with Crippen LogP contribution in [-0.2, 0) is 41.5 Å². The number of hydrogen-bond donors (Lipinski definition) is 6. The molecule has 0 aromatic heterocycles. The number of thioether (sulfide) groups is 2. The molecule has 0 bridgehead atoms. The molecule has 0 heterocycles. The first-order valence-corrected chi connectivity index (χ1v) is 27.3. The second-order valence-corrected chi connectivity index (χ2v) is 20.3. The Morgan fingerprint density at radius 2 is 0.824 bits per heavy atom. The number of amides is 4. The predicted molar refractivity (Wildman–Crippen MR) is 274 cm³/mol. The van der Waals surface area contributed by atoms with Crippen molar-refractivity contribution in [3.8, 4) is 11.5 Å². The molecule has 68 heavy (non-hydrogen) atoms. The summed E-state index contributed by atoms with van der Waals surface area (Å²) in [4.78, 5) is 74.6. The van der Waals surface area contributed by atoms with Gasteiger partial charge in [0.2, 0.25) is 0 Å². The molecule has 2 rings (SSSR count). The summed E-state index contributed by atoms with van der Waals surface area (Å²) in [7, 11) is 0. The van der Waals surface area contributed by atoms with E-state index in [-0.39, 0.29) is 47.4 Å². The number of phenols is 2. The maximum absolute atomic E-state index is 12.6. The first kappa shape index (κ1) is 59.7. The first-order chi connectivity index (χ1) is 32.9. The van der Waals surface area contributed by atoms with Crippen LogP contribution < -0.4 is 21.7 Å². The van der Waals surface area contributed by atoms with Gasteiger partial charge in [-0.25, -0.2) is 0 Å². The molecule has 14 nitrogen and oxygen atoms in total. The van der Waals surface area contributed by atoms with Crippen LogP contribution in [0.4, 0.5) is 0 Å². The Morgan fingerprint density at radius 3 is 1.18 bits per heavy atom. The molecule has 0 saturated carbocycles. The number of ether oxygens (including phenoxy) is 2. The van der Waals surface area contributed by atoms with Gasteiger partial charge in [-0.2, -0.15) is 0 Å². The standard InChI is InChI=1S/C52H82N4O10S2/c1-5-7-9-11-17-21-25-41-27-29-43(45(57)37-41)51(63)55-53-49(61)39(3)67-35-31-47(59)65-33-23-19-15-13-14-16-20-24-34-66-48(60)32-36-68-40(4)50(62)54-56-52(64)44-30-28-42(38-46(44)58)26-22-18-12-10-8-6-2/h27-30,37-40,57-58H,5-26,31-36H2,1-4H3,(H,53,61)(H,54,62)(H,55,63)(H,56,64). The maximum atomic E-state index is 12.6. The summed E-state index contributed by atoms with van der Waals surface area (Å²) in [6, 6.07) is 9.99. The summed E-state index contributed by atoms with van der Waals surface area (Å²) >= 11 is 2.57. The fourth-order valence-corrected chi connectivity index (χ4v) is 8.91. The van der Waals surface area contributed by atoms with Gasteiger partial charge in [-0.3, -0.25) is 50.5 Å². The van der Waals surface area contributed by atoms with E-state index in [0.717, 1.165) is 101 Å². The van der Waals surface area contributed by atoms with Crippen molar-refractivity contribution in [1.82, 2.24) is 21.7 Å². The van der Waals surface area contributed by atoms with Gasteiger partial charge in [0, 0.05) is 11.5 Å². The monoisotopic (exact) mass is 987 g/mol. The number of aromatic hydroxyl groups is 2. The lowest BCUT2D eigenvalue weighted by molar-refractivity contribution is -0.144. The normalized spacial score (nSPS) is 11.9. The molecule has 0 aliphatic heterocycles. The third kappa shape index (κ3) is 27.5. The lowest BCUT2D eigenvalue weighted by Crippen LogP contribution is -2.45. The lowest BCUT2D eigenvalue weighted by atomic mass is 10.0. The molecule has 16 heteroatoms. The summed E-state index contributed by atoms with van der Waals surface area (Å²) < 4.78 is 10.7. The Morgan fingerprint density at radius 1 is 0.485 bits per heavy atom. The smallest absolute Gasteiger partial charge is 0.306 e. The predicted octanol–water partition coefficient (Wildman–Crippen LogP) is 10.4. The van der Waals surface area contributed by atoms with Crippen LogP contribution in [0.1, 0.15) is 201 Å². The molecular formula is C52H82N4O10S2. The Kier molecular flexibility index (Phi) is 32.9. The Bertz CT molecular complexity index is 1670. The van der Waals surface area contributed by atoms with Gasteiger partial charge < -0.3 is 19.7 Å². The highest BCUT2D eigenvalue weighted by molar-refractivity contribution is 8.00. The summed E-state index contributed by atoms with van der Waals surface area (Å²) in [5.74, 6) is -2.13. The lowest BCUT2D eigenvalue weighted by Gasteiger charge is -2.13. The van der Waals surface area contributed by atoms with E-state index in [1.165, 1.54) is 74.9 Å².